The molecule has 7 heteroatoms. The fraction of sp³-hybridized carbons (Fsp3) is 0.250. The van der Waals surface area contributed by atoms with Crippen molar-refractivity contribution >= 4 is 28.9 Å². The average molecular weight is 260 g/mol. The summed E-state index contributed by atoms with van der Waals surface area (Å²) in [5.74, 6) is -0.514. The SMILES string of the molecule is Nc1c(Cl)cc(CCl)cc1OC(F)(F)F. The number of benzene rings is 1. The van der Waals surface area contributed by atoms with Gasteiger partial charge in [0.25, 0.3) is 0 Å². The highest BCUT2D eigenvalue weighted by Gasteiger charge is 2.32. The van der Waals surface area contributed by atoms with E-state index in [-0.39, 0.29) is 16.6 Å². The number of hydrogen-bond donors (Lipinski definition) is 1. The van der Waals surface area contributed by atoms with Crippen molar-refractivity contribution in [3.8, 4) is 5.75 Å². The third-order valence-electron chi connectivity index (χ3n) is 1.53. The van der Waals surface area contributed by atoms with Gasteiger partial charge >= 0.3 is 6.36 Å². The lowest BCUT2D eigenvalue weighted by molar-refractivity contribution is -0.274. The minimum absolute atomic E-state index is 0.0209. The van der Waals surface area contributed by atoms with E-state index in [2.05, 4.69) is 4.74 Å². The second kappa shape index (κ2) is 4.37. The minimum atomic E-state index is -4.80. The summed E-state index contributed by atoms with van der Waals surface area (Å²) < 4.78 is 39.5. The first-order valence-corrected chi connectivity index (χ1v) is 4.64. The third-order valence-corrected chi connectivity index (χ3v) is 2.15. The molecule has 0 aromatic heterocycles. The Morgan fingerprint density at radius 3 is 2.40 bits per heavy atom. The fourth-order valence-corrected chi connectivity index (χ4v) is 1.32. The van der Waals surface area contributed by atoms with Crippen molar-refractivity contribution in [1.29, 1.82) is 0 Å². The van der Waals surface area contributed by atoms with E-state index in [0.717, 1.165) is 6.07 Å². The lowest BCUT2D eigenvalue weighted by atomic mass is 10.2. The molecule has 0 spiro atoms. The van der Waals surface area contributed by atoms with Crippen molar-refractivity contribution in [1.82, 2.24) is 0 Å². The molecule has 0 saturated carbocycles. The lowest BCUT2D eigenvalue weighted by Gasteiger charge is -2.12. The van der Waals surface area contributed by atoms with Crippen molar-refractivity contribution in [2.75, 3.05) is 5.73 Å². The van der Waals surface area contributed by atoms with Gasteiger partial charge in [-0.15, -0.1) is 24.8 Å². The van der Waals surface area contributed by atoms with Crippen LogP contribution in [0.4, 0.5) is 18.9 Å². The van der Waals surface area contributed by atoms with Crippen molar-refractivity contribution < 1.29 is 17.9 Å². The van der Waals surface area contributed by atoms with Crippen LogP contribution in [-0.4, -0.2) is 6.36 Å². The molecule has 0 aliphatic heterocycles. The highest BCUT2D eigenvalue weighted by molar-refractivity contribution is 6.33. The van der Waals surface area contributed by atoms with Crippen molar-refractivity contribution in [2.45, 2.75) is 12.2 Å². The Kier molecular flexibility index (Phi) is 3.57. The predicted molar refractivity (Wildman–Crippen MR) is 52.1 cm³/mol. The van der Waals surface area contributed by atoms with E-state index in [4.69, 9.17) is 28.9 Å². The van der Waals surface area contributed by atoms with Crippen molar-refractivity contribution in [3.63, 3.8) is 0 Å². The molecular weight excluding hydrogens is 254 g/mol. The van der Waals surface area contributed by atoms with Crippen LogP contribution in [0.15, 0.2) is 12.1 Å². The van der Waals surface area contributed by atoms with Gasteiger partial charge in [-0.1, -0.05) is 11.6 Å². The van der Waals surface area contributed by atoms with E-state index in [0.29, 0.717) is 5.56 Å². The van der Waals surface area contributed by atoms with E-state index in [1.54, 1.807) is 0 Å². The molecule has 0 bridgehead atoms. The Balaban J connectivity index is 3.11. The number of halogens is 5. The van der Waals surface area contributed by atoms with Gasteiger partial charge in [0.1, 0.15) is 0 Å². The van der Waals surface area contributed by atoms with Gasteiger partial charge in [-0.25, -0.2) is 0 Å². The van der Waals surface area contributed by atoms with E-state index in [9.17, 15) is 13.2 Å². The maximum atomic E-state index is 11.9. The van der Waals surface area contributed by atoms with Gasteiger partial charge in [-0.2, -0.15) is 0 Å². The van der Waals surface area contributed by atoms with E-state index >= 15 is 0 Å². The van der Waals surface area contributed by atoms with Gasteiger partial charge in [-0.05, 0) is 17.7 Å². The molecule has 1 rings (SSSR count). The number of rotatable bonds is 2. The largest absolute Gasteiger partial charge is 0.573 e. The van der Waals surface area contributed by atoms with Crippen LogP contribution in [-0.2, 0) is 5.88 Å². The molecule has 1 aromatic carbocycles. The van der Waals surface area contributed by atoms with Crippen LogP contribution in [0.2, 0.25) is 5.02 Å². The number of nitrogens with two attached hydrogens (primary N) is 1. The molecule has 0 amide bonds. The summed E-state index contributed by atoms with van der Waals surface area (Å²) in [6, 6.07) is 2.48. The summed E-state index contributed by atoms with van der Waals surface area (Å²) in [4.78, 5) is 0. The first-order valence-electron chi connectivity index (χ1n) is 3.73. The van der Waals surface area contributed by atoms with Crippen LogP contribution in [0.25, 0.3) is 0 Å². The zero-order chi connectivity index (χ0) is 11.6. The summed E-state index contributed by atoms with van der Waals surface area (Å²) in [5, 5.41) is -0.0209. The number of ether oxygens (including phenoxy) is 1. The zero-order valence-corrected chi connectivity index (χ0v) is 8.75. The Morgan fingerprint density at radius 2 is 1.93 bits per heavy atom. The number of hydrogen-bond acceptors (Lipinski definition) is 2. The van der Waals surface area contributed by atoms with Gasteiger partial charge in [0.2, 0.25) is 0 Å². The van der Waals surface area contributed by atoms with Gasteiger partial charge in [0.15, 0.2) is 5.75 Å². The molecule has 0 aliphatic carbocycles. The quantitative estimate of drug-likeness (QED) is 0.651. The number of nitrogen functional groups attached to an aromatic ring is 1. The molecule has 2 N–H and O–H groups in total. The number of alkyl halides is 4. The maximum absolute atomic E-state index is 11.9. The Labute approximate surface area is 93.7 Å². The average Bonchev–Trinajstić information content (AvgIpc) is 2.10. The highest BCUT2D eigenvalue weighted by Crippen LogP contribution is 2.35. The second-order valence-electron chi connectivity index (χ2n) is 2.67. The standard InChI is InChI=1S/C8H6Cl2F3NO/c9-3-4-1-5(10)7(14)6(2-4)15-8(11,12)13/h1-2H,3,14H2. The maximum Gasteiger partial charge on any atom is 0.573 e. The molecule has 0 heterocycles. The first kappa shape index (κ1) is 12.3. The predicted octanol–water partition coefficient (Wildman–Crippen LogP) is 3.56. The van der Waals surface area contributed by atoms with Crippen LogP contribution < -0.4 is 10.5 Å². The molecular formula is C8H6Cl2F3NO. The molecule has 0 radical (unpaired) electrons. The van der Waals surface area contributed by atoms with E-state index < -0.39 is 12.1 Å². The Hall–Kier alpha value is -0.810. The number of anilines is 1. The summed E-state index contributed by atoms with van der Waals surface area (Å²) in [5.41, 5.74) is 5.45. The third kappa shape index (κ3) is 3.35. The normalized spacial score (nSPS) is 11.5. The molecule has 15 heavy (non-hydrogen) atoms. The minimum Gasteiger partial charge on any atom is -0.404 e. The smallest absolute Gasteiger partial charge is 0.404 e. The molecule has 0 fully saturated rings. The molecule has 0 atom stereocenters. The summed E-state index contributed by atoms with van der Waals surface area (Å²) in [6.45, 7) is 0. The molecule has 0 unspecified atom stereocenters. The van der Waals surface area contributed by atoms with Crippen LogP contribution in [0.1, 0.15) is 5.56 Å². The molecule has 0 aliphatic rings. The summed E-state index contributed by atoms with van der Waals surface area (Å²) >= 11 is 11.1. The zero-order valence-electron chi connectivity index (χ0n) is 7.24. The van der Waals surface area contributed by atoms with Crippen molar-refractivity contribution in [3.05, 3.63) is 22.7 Å². The van der Waals surface area contributed by atoms with Crippen LogP contribution in [0.3, 0.4) is 0 Å². The van der Waals surface area contributed by atoms with Gasteiger partial charge in [-0.3, -0.25) is 0 Å². The molecule has 1 aromatic rings. The van der Waals surface area contributed by atoms with Gasteiger partial charge in [0, 0.05) is 5.88 Å². The summed E-state index contributed by atoms with van der Waals surface area (Å²) in [6.07, 6.45) is -4.80. The Bertz CT molecular complexity index is 368. The molecule has 0 saturated heterocycles. The van der Waals surface area contributed by atoms with E-state index in [1.807, 2.05) is 0 Å². The topological polar surface area (TPSA) is 35.2 Å². The Morgan fingerprint density at radius 1 is 1.33 bits per heavy atom. The van der Waals surface area contributed by atoms with Crippen molar-refractivity contribution in [2.24, 2.45) is 0 Å². The lowest BCUT2D eigenvalue weighted by Crippen LogP contribution is -2.18. The van der Waals surface area contributed by atoms with Gasteiger partial charge < -0.3 is 10.5 Å². The second-order valence-corrected chi connectivity index (χ2v) is 3.35. The molecule has 2 nitrogen and oxygen atoms in total. The monoisotopic (exact) mass is 259 g/mol. The van der Waals surface area contributed by atoms with Gasteiger partial charge in [0.05, 0.1) is 10.7 Å². The van der Waals surface area contributed by atoms with Crippen LogP contribution in [0, 0.1) is 0 Å². The molecule has 84 valence electrons. The van der Waals surface area contributed by atoms with Crippen LogP contribution in [0.5, 0.6) is 5.75 Å². The van der Waals surface area contributed by atoms with E-state index in [1.165, 1.54) is 6.07 Å². The van der Waals surface area contributed by atoms with Crippen LogP contribution >= 0.6 is 23.2 Å². The fourth-order valence-electron chi connectivity index (χ4n) is 0.932. The summed E-state index contributed by atoms with van der Waals surface area (Å²) in [7, 11) is 0. The highest BCUT2D eigenvalue weighted by atomic mass is 35.5. The first-order chi connectivity index (χ1) is 6.83.